The molecule has 6 nitrogen and oxygen atoms in total. The summed E-state index contributed by atoms with van der Waals surface area (Å²) in [6, 6.07) is 8.13. The molecule has 0 unspecified atom stereocenters. The summed E-state index contributed by atoms with van der Waals surface area (Å²) in [5, 5.41) is 3.42. The van der Waals surface area contributed by atoms with Gasteiger partial charge >= 0.3 is 0 Å². The van der Waals surface area contributed by atoms with Gasteiger partial charge in [-0.25, -0.2) is 0 Å². The number of aliphatic imine (C=N–C) groups is 1. The zero-order valence-electron chi connectivity index (χ0n) is 17.8. The fraction of sp³-hybridized carbons (Fsp3) is 0.682. The van der Waals surface area contributed by atoms with Crippen molar-refractivity contribution >= 4 is 5.96 Å². The fourth-order valence-corrected chi connectivity index (χ4v) is 3.26. The number of likely N-dealkylation sites (tertiary alicyclic amines) is 1. The molecule has 28 heavy (non-hydrogen) atoms. The van der Waals surface area contributed by atoms with Gasteiger partial charge in [-0.2, -0.15) is 0 Å². The van der Waals surface area contributed by atoms with Crippen LogP contribution in [0.25, 0.3) is 0 Å². The predicted molar refractivity (Wildman–Crippen MR) is 114 cm³/mol. The second kappa shape index (κ2) is 13.4. The Morgan fingerprint density at radius 3 is 2.64 bits per heavy atom. The van der Waals surface area contributed by atoms with E-state index in [0.717, 1.165) is 76.8 Å². The van der Waals surface area contributed by atoms with E-state index in [9.17, 15) is 0 Å². The lowest BCUT2D eigenvalue weighted by atomic mass is 10.1. The predicted octanol–water partition coefficient (Wildman–Crippen LogP) is 3.25. The number of methoxy groups -OCH3 is 1. The van der Waals surface area contributed by atoms with Crippen LogP contribution >= 0.6 is 0 Å². The lowest BCUT2D eigenvalue weighted by molar-refractivity contribution is 0.00990. The molecule has 1 aliphatic heterocycles. The zero-order chi connectivity index (χ0) is 20.0. The van der Waals surface area contributed by atoms with Crippen LogP contribution in [-0.4, -0.2) is 70.1 Å². The highest BCUT2D eigenvalue weighted by Crippen LogP contribution is 2.16. The van der Waals surface area contributed by atoms with Gasteiger partial charge in [0.25, 0.3) is 0 Å². The molecule has 0 amide bonds. The molecule has 1 aliphatic rings. The maximum atomic E-state index is 5.95. The topological polar surface area (TPSA) is 55.3 Å². The molecule has 1 saturated heterocycles. The Kier molecular flexibility index (Phi) is 10.8. The number of para-hydroxylation sites is 1. The molecule has 2 rings (SSSR count). The third kappa shape index (κ3) is 8.07. The fourth-order valence-electron chi connectivity index (χ4n) is 3.26. The number of hydrogen-bond acceptors (Lipinski definition) is 4. The van der Waals surface area contributed by atoms with E-state index in [1.165, 1.54) is 5.56 Å². The van der Waals surface area contributed by atoms with Crippen molar-refractivity contribution in [3.63, 3.8) is 0 Å². The summed E-state index contributed by atoms with van der Waals surface area (Å²) >= 11 is 0. The van der Waals surface area contributed by atoms with Crippen molar-refractivity contribution in [2.45, 2.75) is 45.6 Å². The summed E-state index contributed by atoms with van der Waals surface area (Å²) < 4.78 is 16.9. The molecule has 1 aromatic rings. The van der Waals surface area contributed by atoms with Gasteiger partial charge in [0.15, 0.2) is 5.96 Å². The number of benzene rings is 1. The molecule has 158 valence electrons. The van der Waals surface area contributed by atoms with Crippen molar-refractivity contribution in [2.75, 3.05) is 53.1 Å². The Morgan fingerprint density at radius 2 is 1.93 bits per heavy atom. The van der Waals surface area contributed by atoms with Crippen molar-refractivity contribution < 1.29 is 14.2 Å². The first-order valence-corrected chi connectivity index (χ1v) is 10.6. The SMILES string of the molecule is CCNC(=NCCCOc1ccccc1C)N1CCC(OCCCOC)CC1. The van der Waals surface area contributed by atoms with Crippen LogP contribution in [0.1, 0.15) is 38.2 Å². The molecule has 0 radical (unpaired) electrons. The van der Waals surface area contributed by atoms with E-state index in [-0.39, 0.29) is 0 Å². The minimum Gasteiger partial charge on any atom is -0.493 e. The molecule has 1 heterocycles. The maximum absolute atomic E-state index is 5.95. The van der Waals surface area contributed by atoms with Gasteiger partial charge in [0.2, 0.25) is 0 Å². The van der Waals surface area contributed by atoms with Crippen LogP contribution in [0.3, 0.4) is 0 Å². The Bertz CT molecular complexity index is 572. The van der Waals surface area contributed by atoms with E-state index in [1.807, 2.05) is 18.2 Å². The maximum Gasteiger partial charge on any atom is 0.193 e. The van der Waals surface area contributed by atoms with Crippen LogP contribution in [0.4, 0.5) is 0 Å². The number of aryl methyl sites for hydroxylation is 1. The molecule has 0 spiro atoms. The highest BCUT2D eigenvalue weighted by molar-refractivity contribution is 5.80. The van der Waals surface area contributed by atoms with Gasteiger partial charge < -0.3 is 24.4 Å². The molecule has 0 bridgehead atoms. The van der Waals surface area contributed by atoms with Crippen LogP contribution < -0.4 is 10.1 Å². The van der Waals surface area contributed by atoms with Crippen molar-refractivity contribution in [2.24, 2.45) is 4.99 Å². The summed E-state index contributed by atoms with van der Waals surface area (Å²) in [5.41, 5.74) is 1.17. The molecule has 0 saturated carbocycles. The third-order valence-corrected chi connectivity index (χ3v) is 4.84. The van der Waals surface area contributed by atoms with E-state index in [0.29, 0.717) is 12.7 Å². The van der Waals surface area contributed by atoms with Gasteiger partial charge in [0, 0.05) is 52.9 Å². The first kappa shape index (κ1) is 22.5. The van der Waals surface area contributed by atoms with Crippen molar-refractivity contribution in [3.05, 3.63) is 29.8 Å². The van der Waals surface area contributed by atoms with Crippen LogP contribution in [0.5, 0.6) is 5.75 Å². The number of rotatable bonds is 11. The largest absolute Gasteiger partial charge is 0.493 e. The highest BCUT2D eigenvalue weighted by Gasteiger charge is 2.21. The van der Waals surface area contributed by atoms with Crippen LogP contribution in [0, 0.1) is 6.92 Å². The number of nitrogens with zero attached hydrogens (tertiary/aromatic N) is 2. The summed E-state index contributed by atoms with van der Waals surface area (Å²) in [7, 11) is 1.73. The molecule has 6 heteroatoms. The highest BCUT2D eigenvalue weighted by atomic mass is 16.5. The molecule has 1 N–H and O–H groups in total. The van der Waals surface area contributed by atoms with Gasteiger partial charge in [0.05, 0.1) is 12.7 Å². The minimum absolute atomic E-state index is 0.360. The molecule has 1 aromatic carbocycles. The third-order valence-electron chi connectivity index (χ3n) is 4.84. The van der Waals surface area contributed by atoms with Gasteiger partial charge in [-0.3, -0.25) is 4.99 Å². The monoisotopic (exact) mass is 391 g/mol. The quantitative estimate of drug-likeness (QED) is 0.356. The van der Waals surface area contributed by atoms with Crippen LogP contribution in [0.15, 0.2) is 29.3 Å². The van der Waals surface area contributed by atoms with E-state index in [2.05, 4.69) is 30.1 Å². The molecular weight excluding hydrogens is 354 g/mol. The second-order valence-electron chi connectivity index (χ2n) is 7.11. The van der Waals surface area contributed by atoms with Crippen molar-refractivity contribution in [3.8, 4) is 5.75 Å². The Hall–Kier alpha value is -1.79. The first-order chi connectivity index (χ1) is 13.7. The number of ether oxygens (including phenoxy) is 3. The number of piperidine rings is 1. The van der Waals surface area contributed by atoms with Crippen LogP contribution in [0.2, 0.25) is 0 Å². The van der Waals surface area contributed by atoms with Gasteiger partial charge in [0.1, 0.15) is 5.75 Å². The standard InChI is InChI=1S/C22H37N3O3/c1-4-23-22(24-13-7-17-28-21-10-6-5-9-19(21)2)25-14-11-20(12-15-25)27-18-8-16-26-3/h5-6,9-10,20H,4,7-8,11-18H2,1-3H3,(H,23,24). The summed E-state index contributed by atoms with van der Waals surface area (Å²) in [4.78, 5) is 7.14. The smallest absolute Gasteiger partial charge is 0.193 e. The van der Waals surface area contributed by atoms with E-state index >= 15 is 0 Å². The number of guanidine groups is 1. The Morgan fingerprint density at radius 1 is 1.14 bits per heavy atom. The lowest BCUT2D eigenvalue weighted by Gasteiger charge is -2.34. The van der Waals surface area contributed by atoms with E-state index < -0.39 is 0 Å². The van der Waals surface area contributed by atoms with Crippen molar-refractivity contribution in [1.29, 1.82) is 0 Å². The normalized spacial score (nSPS) is 15.7. The van der Waals surface area contributed by atoms with Gasteiger partial charge in [-0.15, -0.1) is 0 Å². The average molecular weight is 392 g/mol. The summed E-state index contributed by atoms with van der Waals surface area (Å²) in [5.74, 6) is 1.97. The second-order valence-corrected chi connectivity index (χ2v) is 7.11. The molecule has 0 atom stereocenters. The Labute approximate surface area is 170 Å². The Balaban J connectivity index is 1.69. The zero-order valence-corrected chi connectivity index (χ0v) is 17.8. The molecule has 1 fully saturated rings. The van der Waals surface area contributed by atoms with Crippen LogP contribution in [-0.2, 0) is 9.47 Å². The first-order valence-electron chi connectivity index (χ1n) is 10.6. The van der Waals surface area contributed by atoms with E-state index in [1.54, 1.807) is 7.11 Å². The minimum atomic E-state index is 0.360. The molecule has 0 aromatic heterocycles. The summed E-state index contributed by atoms with van der Waals surface area (Å²) in [6.07, 6.45) is 4.33. The van der Waals surface area contributed by atoms with Crippen molar-refractivity contribution in [1.82, 2.24) is 10.2 Å². The van der Waals surface area contributed by atoms with E-state index in [4.69, 9.17) is 19.2 Å². The molecular formula is C22H37N3O3. The van der Waals surface area contributed by atoms with Gasteiger partial charge in [-0.1, -0.05) is 18.2 Å². The number of hydrogen-bond donors (Lipinski definition) is 1. The average Bonchev–Trinajstić information content (AvgIpc) is 2.72. The molecule has 0 aliphatic carbocycles. The lowest BCUT2D eigenvalue weighted by Crippen LogP contribution is -2.47. The number of nitrogens with one attached hydrogen (secondary N) is 1. The summed E-state index contributed by atoms with van der Waals surface area (Å²) in [6.45, 7) is 10.0. The van der Waals surface area contributed by atoms with Gasteiger partial charge in [-0.05, 0) is 44.7 Å².